The highest BCUT2D eigenvalue weighted by Crippen LogP contribution is 2.34. The van der Waals surface area contributed by atoms with Gasteiger partial charge in [-0.15, -0.1) is 0 Å². The summed E-state index contributed by atoms with van der Waals surface area (Å²) < 4.78 is 19.1. The highest BCUT2D eigenvalue weighted by molar-refractivity contribution is 6.43. The number of nitriles is 1. The Morgan fingerprint density at radius 3 is 2.40 bits per heavy atom. The van der Waals surface area contributed by atoms with Crippen LogP contribution in [0.2, 0.25) is 15.1 Å². The van der Waals surface area contributed by atoms with Gasteiger partial charge in [0.05, 0.1) is 26.7 Å². The Labute approximate surface area is 130 Å². The predicted molar refractivity (Wildman–Crippen MR) is 76.9 cm³/mol. The lowest BCUT2D eigenvalue weighted by molar-refractivity contribution is 0.300. The minimum absolute atomic E-state index is 0.0325. The number of hydrogen-bond donors (Lipinski definition) is 0. The van der Waals surface area contributed by atoms with Crippen LogP contribution < -0.4 is 4.74 Å². The molecule has 0 aliphatic heterocycles. The van der Waals surface area contributed by atoms with Crippen molar-refractivity contribution in [2.24, 2.45) is 0 Å². The first-order chi connectivity index (χ1) is 9.51. The first-order valence-corrected chi connectivity index (χ1v) is 6.60. The van der Waals surface area contributed by atoms with Crippen LogP contribution in [0.3, 0.4) is 0 Å². The second-order valence-electron chi connectivity index (χ2n) is 3.90. The molecule has 2 rings (SSSR count). The molecule has 0 saturated heterocycles. The van der Waals surface area contributed by atoms with E-state index in [4.69, 9.17) is 44.8 Å². The molecule has 6 heteroatoms. The number of rotatable bonds is 3. The minimum Gasteiger partial charge on any atom is -0.487 e. The Hall–Kier alpha value is -1.47. The summed E-state index contributed by atoms with van der Waals surface area (Å²) in [7, 11) is 0. The van der Waals surface area contributed by atoms with Crippen LogP contribution in [-0.4, -0.2) is 0 Å². The summed E-state index contributed by atoms with van der Waals surface area (Å²) in [6.07, 6.45) is 0. The summed E-state index contributed by atoms with van der Waals surface area (Å²) in [5.41, 5.74) is 0.560. The molecule has 102 valence electrons. The summed E-state index contributed by atoms with van der Waals surface area (Å²) in [6, 6.07) is 8.92. The standard InChI is InChI=1S/C14H7Cl3FNO/c15-10-4-12(17)14(5-11(10)16)20-7-9-2-1-8(6-19)3-13(9)18/h1-5H,7H2. The molecule has 0 atom stereocenters. The van der Waals surface area contributed by atoms with E-state index in [1.54, 1.807) is 0 Å². The fourth-order valence-electron chi connectivity index (χ4n) is 1.50. The van der Waals surface area contributed by atoms with Gasteiger partial charge in [0.1, 0.15) is 18.2 Å². The Morgan fingerprint density at radius 2 is 1.75 bits per heavy atom. The van der Waals surface area contributed by atoms with E-state index in [-0.39, 0.29) is 17.2 Å². The largest absolute Gasteiger partial charge is 0.487 e. The van der Waals surface area contributed by atoms with E-state index in [0.29, 0.717) is 21.4 Å². The monoisotopic (exact) mass is 329 g/mol. The molecule has 0 saturated carbocycles. The number of hydrogen-bond acceptors (Lipinski definition) is 2. The molecule has 20 heavy (non-hydrogen) atoms. The van der Waals surface area contributed by atoms with Gasteiger partial charge in [-0.2, -0.15) is 5.26 Å². The minimum atomic E-state index is -0.514. The summed E-state index contributed by atoms with van der Waals surface area (Å²) in [5, 5.41) is 9.56. The molecule has 2 nitrogen and oxygen atoms in total. The molecule has 0 heterocycles. The number of halogens is 4. The van der Waals surface area contributed by atoms with Crippen molar-refractivity contribution < 1.29 is 9.13 Å². The van der Waals surface area contributed by atoms with Crippen LogP contribution in [0.1, 0.15) is 11.1 Å². The number of benzene rings is 2. The predicted octanol–water partition coefficient (Wildman–Crippen LogP) is 5.24. The van der Waals surface area contributed by atoms with Gasteiger partial charge in [-0.05, 0) is 18.2 Å². The van der Waals surface area contributed by atoms with E-state index in [9.17, 15) is 4.39 Å². The zero-order chi connectivity index (χ0) is 14.7. The van der Waals surface area contributed by atoms with Gasteiger partial charge in [0.2, 0.25) is 0 Å². The third-order valence-electron chi connectivity index (χ3n) is 2.54. The Bertz CT molecular complexity index is 698. The third-order valence-corrected chi connectivity index (χ3v) is 3.56. The topological polar surface area (TPSA) is 33.0 Å². The van der Waals surface area contributed by atoms with E-state index in [0.717, 1.165) is 6.07 Å². The van der Waals surface area contributed by atoms with Gasteiger partial charge in [0, 0.05) is 11.6 Å². The van der Waals surface area contributed by atoms with Crippen LogP contribution in [-0.2, 0) is 6.61 Å². The summed E-state index contributed by atoms with van der Waals surface area (Å²) in [5.74, 6) is -0.204. The van der Waals surface area contributed by atoms with Gasteiger partial charge in [0.25, 0.3) is 0 Å². The lowest BCUT2D eigenvalue weighted by Crippen LogP contribution is -1.99. The highest BCUT2D eigenvalue weighted by Gasteiger charge is 2.09. The molecule has 0 amide bonds. The van der Waals surface area contributed by atoms with Crippen molar-refractivity contribution in [1.29, 1.82) is 5.26 Å². The van der Waals surface area contributed by atoms with Crippen molar-refractivity contribution >= 4 is 34.8 Å². The molecule has 0 fully saturated rings. The zero-order valence-corrected chi connectivity index (χ0v) is 12.2. The maximum absolute atomic E-state index is 13.7. The summed E-state index contributed by atoms with van der Waals surface area (Å²) in [6.45, 7) is -0.0325. The van der Waals surface area contributed by atoms with Gasteiger partial charge in [0.15, 0.2) is 0 Å². The van der Waals surface area contributed by atoms with E-state index < -0.39 is 5.82 Å². The molecule has 0 aliphatic carbocycles. The molecular formula is C14H7Cl3FNO. The Morgan fingerprint density at radius 1 is 1.05 bits per heavy atom. The first kappa shape index (κ1) is 14.9. The van der Waals surface area contributed by atoms with Crippen LogP contribution in [0, 0.1) is 17.1 Å². The van der Waals surface area contributed by atoms with Crippen molar-refractivity contribution in [3.8, 4) is 11.8 Å². The van der Waals surface area contributed by atoms with Crippen molar-refractivity contribution in [3.05, 3.63) is 62.3 Å². The first-order valence-electron chi connectivity index (χ1n) is 5.47. The van der Waals surface area contributed by atoms with Crippen LogP contribution in [0.4, 0.5) is 4.39 Å². The fraction of sp³-hybridized carbons (Fsp3) is 0.0714. The van der Waals surface area contributed by atoms with E-state index in [1.165, 1.54) is 24.3 Å². The molecular weight excluding hydrogens is 324 g/mol. The second kappa shape index (κ2) is 6.32. The number of nitrogens with zero attached hydrogens (tertiary/aromatic N) is 1. The molecule has 2 aromatic rings. The molecule has 2 aromatic carbocycles. The highest BCUT2D eigenvalue weighted by atomic mass is 35.5. The SMILES string of the molecule is N#Cc1ccc(COc2cc(Cl)c(Cl)cc2Cl)c(F)c1. The van der Waals surface area contributed by atoms with Crippen LogP contribution in [0.25, 0.3) is 0 Å². The average Bonchev–Trinajstić information content (AvgIpc) is 2.42. The average molecular weight is 331 g/mol. The van der Waals surface area contributed by atoms with Crippen LogP contribution >= 0.6 is 34.8 Å². The number of ether oxygens (including phenoxy) is 1. The van der Waals surface area contributed by atoms with Crippen LogP contribution in [0.5, 0.6) is 5.75 Å². The van der Waals surface area contributed by atoms with E-state index in [1.807, 2.05) is 6.07 Å². The van der Waals surface area contributed by atoms with Gasteiger partial charge in [-0.1, -0.05) is 40.9 Å². The maximum atomic E-state index is 13.7. The summed E-state index contributed by atoms with van der Waals surface area (Å²) in [4.78, 5) is 0. The molecule has 0 N–H and O–H groups in total. The van der Waals surface area contributed by atoms with Gasteiger partial charge >= 0.3 is 0 Å². The molecule has 0 bridgehead atoms. The molecule has 0 aliphatic rings. The normalized spacial score (nSPS) is 10.2. The molecule has 0 unspecified atom stereocenters. The third kappa shape index (κ3) is 3.34. The molecule has 0 radical (unpaired) electrons. The van der Waals surface area contributed by atoms with Crippen molar-refractivity contribution in [1.82, 2.24) is 0 Å². The second-order valence-corrected chi connectivity index (χ2v) is 5.13. The molecule has 0 aromatic heterocycles. The van der Waals surface area contributed by atoms with E-state index >= 15 is 0 Å². The van der Waals surface area contributed by atoms with Gasteiger partial charge in [-0.25, -0.2) is 4.39 Å². The maximum Gasteiger partial charge on any atom is 0.139 e. The van der Waals surface area contributed by atoms with Gasteiger partial charge < -0.3 is 4.74 Å². The Kier molecular flexibility index (Phi) is 4.72. The van der Waals surface area contributed by atoms with Crippen LogP contribution in [0.15, 0.2) is 30.3 Å². The van der Waals surface area contributed by atoms with Crippen molar-refractivity contribution in [3.63, 3.8) is 0 Å². The van der Waals surface area contributed by atoms with Crippen molar-refractivity contribution in [2.75, 3.05) is 0 Å². The van der Waals surface area contributed by atoms with E-state index in [2.05, 4.69) is 0 Å². The fourth-order valence-corrected chi connectivity index (χ4v) is 2.10. The smallest absolute Gasteiger partial charge is 0.139 e. The Balaban J connectivity index is 2.17. The lowest BCUT2D eigenvalue weighted by Gasteiger charge is -2.10. The summed E-state index contributed by atoms with van der Waals surface area (Å²) >= 11 is 17.6. The lowest BCUT2D eigenvalue weighted by atomic mass is 10.1. The zero-order valence-electron chi connectivity index (χ0n) is 9.96. The van der Waals surface area contributed by atoms with Crippen molar-refractivity contribution in [2.45, 2.75) is 6.61 Å². The quantitative estimate of drug-likeness (QED) is 0.721. The molecule has 0 spiro atoms. The van der Waals surface area contributed by atoms with Gasteiger partial charge in [-0.3, -0.25) is 0 Å².